The van der Waals surface area contributed by atoms with Gasteiger partial charge in [0.2, 0.25) is 0 Å². The van der Waals surface area contributed by atoms with Crippen molar-refractivity contribution in [2.75, 3.05) is 18.0 Å². The normalized spacial score (nSPS) is 17.3. The van der Waals surface area contributed by atoms with E-state index in [9.17, 15) is 9.65 Å². The maximum Gasteiger partial charge on any atom is 0.127 e. The monoisotopic (exact) mass is 289 g/mol. The summed E-state index contributed by atoms with van der Waals surface area (Å²) in [5.74, 6) is 0.157. The fourth-order valence-electron chi connectivity index (χ4n) is 2.90. The molecule has 0 heterocycles. The third kappa shape index (κ3) is 3.74. The second-order valence-corrected chi connectivity index (χ2v) is 6.15. The van der Waals surface area contributed by atoms with Gasteiger partial charge in [0.05, 0.1) is 6.07 Å². The van der Waals surface area contributed by atoms with E-state index in [0.29, 0.717) is 12.5 Å². The van der Waals surface area contributed by atoms with Crippen molar-refractivity contribution in [3.63, 3.8) is 0 Å². The molecule has 0 aliphatic heterocycles. The van der Waals surface area contributed by atoms with E-state index in [1.54, 1.807) is 6.07 Å². The van der Waals surface area contributed by atoms with Crippen molar-refractivity contribution in [1.82, 2.24) is 5.32 Å². The molecule has 4 heteroatoms. The number of rotatable bonds is 7. The molecule has 21 heavy (non-hydrogen) atoms. The van der Waals surface area contributed by atoms with Crippen molar-refractivity contribution in [1.29, 1.82) is 5.26 Å². The van der Waals surface area contributed by atoms with Gasteiger partial charge in [-0.2, -0.15) is 5.26 Å². The first-order valence-electron chi connectivity index (χ1n) is 7.70. The molecule has 1 aliphatic carbocycles. The Morgan fingerprint density at radius 2 is 2.19 bits per heavy atom. The third-order valence-corrected chi connectivity index (χ3v) is 4.02. The molecule has 1 aromatic carbocycles. The van der Waals surface area contributed by atoms with Gasteiger partial charge >= 0.3 is 0 Å². The first-order valence-corrected chi connectivity index (χ1v) is 7.70. The molecule has 0 spiro atoms. The SMILES string of the molecule is CCN(CC(C#N)(NC(C)C)C1CC1)c1cccc(F)c1. The number of likely N-dealkylation sites (N-methyl/N-ethyl adjacent to an activating group) is 1. The summed E-state index contributed by atoms with van der Waals surface area (Å²) in [5, 5.41) is 13.2. The molecule has 1 atom stereocenters. The van der Waals surface area contributed by atoms with Gasteiger partial charge in [0.15, 0.2) is 0 Å². The zero-order valence-corrected chi connectivity index (χ0v) is 13.1. The lowest BCUT2D eigenvalue weighted by Gasteiger charge is -2.36. The smallest absolute Gasteiger partial charge is 0.127 e. The van der Waals surface area contributed by atoms with Crippen LogP contribution in [0.2, 0.25) is 0 Å². The maximum atomic E-state index is 13.5. The van der Waals surface area contributed by atoms with Gasteiger partial charge in [0, 0.05) is 24.8 Å². The number of nitrogens with one attached hydrogen (secondary N) is 1. The largest absolute Gasteiger partial charge is 0.369 e. The van der Waals surface area contributed by atoms with Crippen molar-refractivity contribution in [3.05, 3.63) is 30.1 Å². The van der Waals surface area contributed by atoms with Crippen molar-refractivity contribution >= 4 is 5.69 Å². The molecule has 1 fully saturated rings. The minimum atomic E-state index is -0.545. The van der Waals surface area contributed by atoms with E-state index in [0.717, 1.165) is 25.1 Å². The molecule has 1 unspecified atom stereocenters. The van der Waals surface area contributed by atoms with Gasteiger partial charge in [-0.1, -0.05) is 6.07 Å². The molecule has 3 nitrogen and oxygen atoms in total. The molecule has 1 saturated carbocycles. The van der Waals surface area contributed by atoms with E-state index in [4.69, 9.17) is 0 Å². The molecule has 0 saturated heterocycles. The fraction of sp³-hybridized carbons (Fsp3) is 0.588. The number of nitrogens with zero attached hydrogens (tertiary/aromatic N) is 2. The highest BCUT2D eigenvalue weighted by Crippen LogP contribution is 2.40. The number of anilines is 1. The number of hydrogen-bond donors (Lipinski definition) is 1. The highest BCUT2D eigenvalue weighted by molar-refractivity contribution is 5.47. The molecule has 1 aliphatic rings. The standard InChI is InChI=1S/C17H24FN3/c1-4-21(16-7-5-6-15(18)10-16)12-17(11-19,14-8-9-14)20-13(2)3/h5-7,10,13-14,20H,4,8-9,12H2,1-3H3. The number of nitriles is 1. The van der Waals surface area contributed by atoms with Crippen LogP contribution in [-0.2, 0) is 0 Å². The minimum absolute atomic E-state index is 0.239. The maximum absolute atomic E-state index is 13.5. The Labute approximate surface area is 126 Å². The Morgan fingerprint density at radius 1 is 1.48 bits per heavy atom. The van der Waals surface area contributed by atoms with E-state index in [1.165, 1.54) is 12.1 Å². The van der Waals surface area contributed by atoms with Crippen LogP contribution in [0.5, 0.6) is 0 Å². The second-order valence-electron chi connectivity index (χ2n) is 6.15. The number of benzene rings is 1. The van der Waals surface area contributed by atoms with Crippen LogP contribution in [0.25, 0.3) is 0 Å². The third-order valence-electron chi connectivity index (χ3n) is 4.02. The Kier molecular flexibility index (Phi) is 4.84. The van der Waals surface area contributed by atoms with Crippen molar-refractivity contribution in [2.24, 2.45) is 5.92 Å². The Balaban J connectivity index is 2.23. The van der Waals surface area contributed by atoms with Gasteiger partial charge in [0.1, 0.15) is 11.4 Å². The Bertz CT molecular complexity index is 519. The van der Waals surface area contributed by atoms with Crippen LogP contribution in [0.4, 0.5) is 10.1 Å². The Hall–Kier alpha value is -1.60. The molecular weight excluding hydrogens is 265 g/mol. The summed E-state index contributed by atoms with van der Waals surface area (Å²) < 4.78 is 13.5. The molecule has 0 amide bonds. The zero-order valence-electron chi connectivity index (χ0n) is 13.1. The lowest BCUT2D eigenvalue weighted by molar-refractivity contribution is 0.336. The van der Waals surface area contributed by atoms with Crippen LogP contribution < -0.4 is 10.2 Å². The molecule has 1 N–H and O–H groups in total. The summed E-state index contributed by atoms with van der Waals surface area (Å²) in [7, 11) is 0. The first-order chi connectivity index (χ1) is 10.0. The summed E-state index contributed by atoms with van der Waals surface area (Å²) in [6.45, 7) is 7.50. The van der Waals surface area contributed by atoms with Crippen LogP contribution >= 0.6 is 0 Å². The van der Waals surface area contributed by atoms with E-state index in [1.807, 2.05) is 13.0 Å². The van der Waals surface area contributed by atoms with Crippen LogP contribution in [0.15, 0.2) is 24.3 Å². The number of halogens is 1. The van der Waals surface area contributed by atoms with Gasteiger partial charge in [-0.05, 0) is 57.7 Å². The quantitative estimate of drug-likeness (QED) is 0.837. The summed E-state index contributed by atoms with van der Waals surface area (Å²) in [6.07, 6.45) is 2.18. The lowest BCUT2D eigenvalue weighted by Crippen LogP contribution is -2.56. The Morgan fingerprint density at radius 3 is 2.67 bits per heavy atom. The average Bonchev–Trinajstić information content (AvgIpc) is 3.28. The zero-order chi connectivity index (χ0) is 15.5. The predicted octanol–water partition coefficient (Wildman–Crippen LogP) is 3.32. The molecule has 114 valence electrons. The van der Waals surface area contributed by atoms with Gasteiger partial charge < -0.3 is 4.90 Å². The van der Waals surface area contributed by atoms with Crippen molar-refractivity contribution < 1.29 is 4.39 Å². The van der Waals surface area contributed by atoms with Crippen molar-refractivity contribution in [3.8, 4) is 6.07 Å². The van der Waals surface area contributed by atoms with Crippen LogP contribution in [0.3, 0.4) is 0 Å². The van der Waals surface area contributed by atoms with Gasteiger partial charge in [-0.15, -0.1) is 0 Å². The number of hydrogen-bond acceptors (Lipinski definition) is 3. The second kappa shape index (κ2) is 6.44. The summed E-state index contributed by atoms with van der Waals surface area (Å²) >= 11 is 0. The summed E-state index contributed by atoms with van der Waals surface area (Å²) in [6, 6.07) is 9.36. The van der Waals surface area contributed by atoms with E-state index in [2.05, 4.69) is 30.1 Å². The molecule has 0 aromatic heterocycles. The molecule has 0 radical (unpaired) electrons. The topological polar surface area (TPSA) is 39.1 Å². The highest BCUT2D eigenvalue weighted by atomic mass is 19.1. The van der Waals surface area contributed by atoms with E-state index >= 15 is 0 Å². The molecule has 0 bridgehead atoms. The average molecular weight is 289 g/mol. The van der Waals surface area contributed by atoms with Crippen molar-refractivity contribution in [2.45, 2.75) is 45.2 Å². The predicted molar refractivity (Wildman–Crippen MR) is 83.6 cm³/mol. The summed E-state index contributed by atoms with van der Waals surface area (Å²) in [4.78, 5) is 2.08. The highest BCUT2D eigenvalue weighted by Gasteiger charge is 2.47. The fourth-order valence-corrected chi connectivity index (χ4v) is 2.90. The molecule has 2 rings (SSSR count). The summed E-state index contributed by atoms with van der Waals surface area (Å²) in [5.41, 5.74) is 0.291. The van der Waals surface area contributed by atoms with E-state index in [-0.39, 0.29) is 11.9 Å². The van der Waals surface area contributed by atoms with Gasteiger partial charge in [-0.25, -0.2) is 4.39 Å². The van der Waals surface area contributed by atoms with Crippen LogP contribution in [0, 0.1) is 23.1 Å². The van der Waals surface area contributed by atoms with E-state index < -0.39 is 5.54 Å². The molecular formula is C17H24FN3. The van der Waals surface area contributed by atoms with Crippen LogP contribution in [0.1, 0.15) is 33.6 Å². The lowest BCUT2D eigenvalue weighted by atomic mass is 9.92. The first kappa shape index (κ1) is 15.8. The van der Waals surface area contributed by atoms with Gasteiger partial charge in [-0.3, -0.25) is 5.32 Å². The minimum Gasteiger partial charge on any atom is -0.369 e. The van der Waals surface area contributed by atoms with Gasteiger partial charge in [0.25, 0.3) is 0 Å². The molecule has 1 aromatic rings. The van der Waals surface area contributed by atoms with Crippen LogP contribution in [-0.4, -0.2) is 24.7 Å².